The van der Waals surface area contributed by atoms with E-state index >= 15 is 0 Å². The van der Waals surface area contributed by atoms with Gasteiger partial charge in [0.2, 0.25) is 10.0 Å². The van der Waals surface area contributed by atoms with Crippen LogP contribution in [0.25, 0.3) is 0 Å². The summed E-state index contributed by atoms with van der Waals surface area (Å²) in [6.07, 6.45) is 0.346. The van der Waals surface area contributed by atoms with Crippen molar-refractivity contribution in [1.82, 2.24) is 4.72 Å². The topological polar surface area (TPSA) is 92.7 Å². The zero-order valence-electron chi connectivity index (χ0n) is 10.5. The molecule has 0 unspecified atom stereocenters. The fourth-order valence-electron chi connectivity index (χ4n) is 1.07. The number of carboxylic acids is 1. The minimum absolute atomic E-state index is 0.216. The quantitative estimate of drug-likeness (QED) is 0.632. The lowest BCUT2D eigenvalue weighted by Gasteiger charge is -2.24. The normalized spacial score (nSPS) is 12.6. The van der Waals surface area contributed by atoms with Crippen LogP contribution in [-0.2, 0) is 19.6 Å². The van der Waals surface area contributed by atoms with Gasteiger partial charge >= 0.3 is 5.97 Å². The highest BCUT2D eigenvalue weighted by Gasteiger charge is 2.21. The van der Waals surface area contributed by atoms with Crippen LogP contribution in [0.4, 0.5) is 0 Å². The van der Waals surface area contributed by atoms with Gasteiger partial charge in [0.25, 0.3) is 0 Å². The molecular weight excluding hydrogens is 246 g/mol. The molecule has 0 saturated heterocycles. The van der Waals surface area contributed by atoms with Crippen LogP contribution >= 0.6 is 0 Å². The number of hydrogen-bond donors (Lipinski definition) is 2. The van der Waals surface area contributed by atoms with Crippen LogP contribution in [0.2, 0.25) is 0 Å². The fraction of sp³-hybridized carbons (Fsp3) is 0.900. The first-order valence-corrected chi connectivity index (χ1v) is 7.02. The van der Waals surface area contributed by atoms with E-state index in [9.17, 15) is 13.2 Å². The highest BCUT2D eigenvalue weighted by atomic mass is 32.2. The van der Waals surface area contributed by atoms with Gasteiger partial charge in [-0.2, -0.15) is 0 Å². The molecule has 102 valence electrons. The molecule has 0 aromatic carbocycles. The summed E-state index contributed by atoms with van der Waals surface area (Å²) in [5.41, 5.74) is -0.216. The lowest BCUT2D eigenvalue weighted by molar-refractivity contribution is -0.136. The maximum absolute atomic E-state index is 11.4. The lowest BCUT2D eigenvalue weighted by Crippen LogP contribution is -2.36. The Morgan fingerprint density at radius 2 is 2.00 bits per heavy atom. The van der Waals surface area contributed by atoms with E-state index < -0.39 is 16.0 Å². The molecule has 0 aromatic heterocycles. The summed E-state index contributed by atoms with van der Waals surface area (Å²) >= 11 is 0. The molecule has 7 heteroatoms. The first kappa shape index (κ1) is 16.3. The predicted octanol–water partition coefficient (Wildman–Crippen LogP) is 0.443. The highest BCUT2D eigenvalue weighted by Crippen LogP contribution is 2.19. The summed E-state index contributed by atoms with van der Waals surface area (Å²) in [6.45, 7) is 4.68. The van der Waals surface area contributed by atoms with E-state index in [0.717, 1.165) is 6.42 Å². The molecule has 0 saturated carbocycles. The maximum atomic E-state index is 11.4. The van der Waals surface area contributed by atoms with Gasteiger partial charge in [0.1, 0.15) is 0 Å². The second-order valence-corrected chi connectivity index (χ2v) is 6.62. The number of aliphatic carboxylic acids is 1. The number of carboxylic acid groups (broad SMARTS) is 1. The Bertz CT molecular complexity index is 337. The molecule has 0 radical (unpaired) electrons. The van der Waals surface area contributed by atoms with Gasteiger partial charge in [-0.25, -0.2) is 13.1 Å². The average Bonchev–Trinajstić information content (AvgIpc) is 2.22. The van der Waals surface area contributed by atoms with Crippen LogP contribution in [0, 0.1) is 5.41 Å². The standard InChI is InChI=1S/C10H21NO5S/c1-10(2,5-6-16-3)8-11-17(14,15)7-4-9(12)13/h11H,4-8H2,1-3H3,(H,12,13). The molecule has 0 aromatic rings. The smallest absolute Gasteiger partial charge is 0.304 e. The minimum Gasteiger partial charge on any atom is -0.481 e. The summed E-state index contributed by atoms with van der Waals surface area (Å²) in [5, 5.41) is 8.41. The number of sulfonamides is 1. The summed E-state index contributed by atoms with van der Waals surface area (Å²) in [4.78, 5) is 10.3. The average molecular weight is 267 g/mol. The van der Waals surface area contributed by atoms with Crippen LogP contribution in [-0.4, -0.2) is 45.5 Å². The van der Waals surface area contributed by atoms with Gasteiger partial charge in [0, 0.05) is 20.3 Å². The Kier molecular flexibility index (Phi) is 6.66. The molecule has 0 amide bonds. The van der Waals surface area contributed by atoms with Crippen molar-refractivity contribution in [2.75, 3.05) is 26.0 Å². The van der Waals surface area contributed by atoms with E-state index in [1.807, 2.05) is 13.8 Å². The predicted molar refractivity (Wildman–Crippen MR) is 64.3 cm³/mol. The van der Waals surface area contributed by atoms with Crippen molar-refractivity contribution >= 4 is 16.0 Å². The summed E-state index contributed by atoms with van der Waals surface area (Å²) in [7, 11) is -1.92. The Labute approximate surface area is 102 Å². The Balaban J connectivity index is 4.12. The van der Waals surface area contributed by atoms with Gasteiger partial charge < -0.3 is 9.84 Å². The van der Waals surface area contributed by atoms with Crippen molar-refractivity contribution in [3.63, 3.8) is 0 Å². The second-order valence-electron chi connectivity index (χ2n) is 4.69. The highest BCUT2D eigenvalue weighted by molar-refractivity contribution is 7.89. The maximum Gasteiger partial charge on any atom is 0.304 e. The molecule has 0 fully saturated rings. The van der Waals surface area contributed by atoms with E-state index in [4.69, 9.17) is 9.84 Å². The van der Waals surface area contributed by atoms with Crippen LogP contribution in [0.15, 0.2) is 0 Å². The Hall–Kier alpha value is -0.660. The monoisotopic (exact) mass is 267 g/mol. The Morgan fingerprint density at radius 3 is 2.47 bits per heavy atom. The van der Waals surface area contributed by atoms with E-state index in [0.29, 0.717) is 6.61 Å². The molecule has 0 aliphatic rings. The third-order valence-electron chi connectivity index (χ3n) is 2.34. The molecule has 0 atom stereocenters. The fourth-order valence-corrected chi connectivity index (χ4v) is 2.26. The molecule has 17 heavy (non-hydrogen) atoms. The zero-order chi connectivity index (χ0) is 13.5. The van der Waals surface area contributed by atoms with Crippen molar-refractivity contribution in [1.29, 1.82) is 0 Å². The van der Waals surface area contributed by atoms with Crippen LogP contribution in [0.1, 0.15) is 26.7 Å². The third-order valence-corrected chi connectivity index (χ3v) is 3.66. The van der Waals surface area contributed by atoms with Crippen molar-refractivity contribution in [2.45, 2.75) is 26.7 Å². The van der Waals surface area contributed by atoms with Crippen LogP contribution < -0.4 is 4.72 Å². The van der Waals surface area contributed by atoms with Crippen molar-refractivity contribution in [3.8, 4) is 0 Å². The van der Waals surface area contributed by atoms with Gasteiger partial charge in [-0.15, -0.1) is 0 Å². The lowest BCUT2D eigenvalue weighted by atomic mass is 9.90. The first-order valence-electron chi connectivity index (χ1n) is 5.37. The molecule has 0 aliphatic carbocycles. The van der Waals surface area contributed by atoms with Gasteiger partial charge in [-0.1, -0.05) is 13.8 Å². The Morgan fingerprint density at radius 1 is 1.41 bits per heavy atom. The molecular formula is C10H21NO5S. The van der Waals surface area contributed by atoms with Gasteiger partial charge in [0.15, 0.2) is 0 Å². The summed E-state index contributed by atoms with van der Waals surface area (Å²) < 4.78 is 30.3. The van der Waals surface area contributed by atoms with Crippen LogP contribution in [0.5, 0.6) is 0 Å². The number of nitrogens with one attached hydrogen (secondary N) is 1. The molecule has 0 aliphatic heterocycles. The molecule has 6 nitrogen and oxygen atoms in total. The van der Waals surface area contributed by atoms with Crippen molar-refractivity contribution < 1.29 is 23.1 Å². The number of methoxy groups -OCH3 is 1. The van der Waals surface area contributed by atoms with Gasteiger partial charge in [-0.3, -0.25) is 4.79 Å². The van der Waals surface area contributed by atoms with Crippen LogP contribution in [0.3, 0.4) is 0 Å². The summed E-state index contributed by atoms with van der Waals surface area (Å²) in [6, 6.07) is 0. The molecule has 0 bridgehead atoms. The SMILES string of the molecule is COCCC(C)(C)CNS(=O)(=O)CCC(=O)O. The van der Waals surface area contributed by atoms with Crippen molar-refractivity contribution in [2.24, 2.45) is 5.41 Å². The van der Waals surface area contributed by atoms with E-state index in [-0.39, 0.29) is 24.1 Å². The van der Waals surface area contributed by atoms with E-state index in [2.05, 4.69) is 4.72 Å². The first-order chi connectivity index (χ1) is 7.68. The molecule has 0 heterocycles. The number of rotatable bonds is 9. The summed E-state index contributed by atoms with van der Waals surface area (Å²) in [5.74, 6) is -1.50. The zero-order valence-corrected chi connectivity index (χ0v) is 11.3. The van der Waals surface area contributed by atoms with E-state index in [1.165, 1.54) is 0 Å². The van der Waals surface area contributed by atoms with Crippen molar-refractivity contribution in [3.05, 3.63) is 0 Å². The van der Waals surface area contributed by atoms with Gasteiger partial charge in [0.05, 0.1) is 12.2 Å². The molecule has 2 N–H and O–H groups in total. The molecule has 0 rings (SSSR count). The largest absolute Gasteiger partial charge is 0.481 e. The third kappa shape index (κ3) is 9.08. The minimum atomic E-state index is -3.51. The number of carbonyl (C=O) groups is 1. The second kappa shape index (κ2) is 6.93. The molecule has 0 spiro atoms. The van der Waals surface area contributed by atoms with Gasteiger partial charge in [-0.05, 0) is 11.8 Å². The number of ether oxygens (including phenoxy) is 1. The van der Waals surface area contributed by atoms with E-state index in [1.54, 1.807) is 7.11 Å². The number of hydrogen-bond acceptors (Lipinski definition) is 4.